The van der Waals surface area contributed by atoms with Crippen LogP contribution in [0.3, 0.4) is 0 Å². The van der Waals surface area contributed by atoms with Crippen LogP contribution in [0.4, 0.5) is 0 Å². The zero-order chi connectivity index (χ0) is 11.1. The molecule has 1 aliphatic carbocycles. The number of aryl methyl sites for hydroxylation is 2. The van der Waals surface area contributed by atoms with E-state index in [1.165, 1.54) is 29.5 Å². The molecule has 0 aromatic heterocycles. The minimum Gasteiger partial charge on any atom is -0.486 e. The van der Waals surface area contributed by atoms with Gasteiger partial charge in [0, 0.05) is 5.33 Å². The minimum absolute atomic E-state index is 0.0883. The maximum Gasteiger partial charge on any atom is 0.123 e. The van der Waals surface area contributed by atoms with Crippen LogP contribution in [-0.4, -0.2) is 10.9 Å². The molecule has 0 atom stereocenters. The summed E-state index contributed by atoms with van der Waals surface area (Å²) in [6.45, 7) is 6.39. The van der Waals surface area contributed by atoms with Gasteiger partial charge in [0.2, 0.25) is 0 Å². The zero-order valence-corrected chi connectivity index (χ0v) is 11.1. The Kier molecular flexibility index (Phi) is 2.80. The molecule has 1 fully saturated rings. The van der Waals surface area contributed by atoms with Crippen LogP contribution in [-0.2, 0) is 0 Å². The highest BCUT2D eigenvalue weighted by molar-refractivity contribution is 9.09. The summed E-state index contributed by atoms with van der Waals surface area (Å²) >= 11 is 3.53. The molecule has 1 aliphatic rings. The summed E-state index contributed by atoms with van der Waals surface area (Å²) in [7, 11) is 0. The number of hydrogen-bond acceptors (Lipinski definition) is 1. The first-order valence-corrected chi connectivity index (χ1v) is 6.51. The molecule has 1 saturated carbocycles. The van der Waals surface area contributed by atoms with Gasteiger partial charge >= 0.3 is 0 Å². The molecule has 1 aromatic rings. The normalized spacial score (nSPS) is 17.6. The molecule has 15 heavy (non-hydrogen) atoms. The Morgan fingerprint density at radius 3 is 2.47 bits per heavy atom. The summed E-state index contributed by atoms with van der Waals surface area (Å²) in [5.41, 5.74) is 3.95. The van der Waals surface area contributed by atoms with Gasteiger partial charge in [0.05, 0.1) is 0 Å². The molecule has 2 rings (SSSR count). The van der Waals surface area contributed by atoms with E-state index in [1.807, 2.05) is 0 Å². The molecule has 0 unspecified atom stereocenters. The SMILES string of the molecule is Cc1cc(C)c(C)c(OC2(CBr)CC2)c1. The second-order valence-electron chi connectivity index (χ2n) is 4.62. The van der Waals surface area contributed by atoms with Crippen LogP contribution in [0.2, 0.25) is 0 Å². The first-order valence-electron chi connectivity index (χ1n) is 5.39. The van der Waals surface area contributed by atoms with E-state index in [4.69, 9.17) is 4.74 Å². The van der Waals surface area contributed by atoms with Crippen molar-refractivity contribution in [3.05, 3.63) is 28.8 Å². The van der Waals surface area contributed by atoms with Gasteiger partial charge in [-0.25, -0.2) is 0 Å². The van der Waals surface area contributed by atoms with Crippen molar-refractivity contribution in [2.24, 2.45) is 0 Å². The van der Waals surface area contributed by atoms with Gasteiger partial charge in [-0.15, -0.1) is 0 Å². The van der Waals surface area contributed by atoms with Crippen LogP contribution < -0.4 is 4.74 Å². The predicted molar refractivity (Wildman–Crippen MR) is 67.0 cm³/mol. The number of alkyl halides is 1. The molecule has 82 valence electrons. The van der Waals surface area contributed by atoms with Crippen molar-refractivity contribution in [3.63, 3.8) is 0 Å². The minimum atomic E-state index is 0.0883. The van der Waals surface area contributed by atoms with E-state index in [0.29, 0.717) is 0 Å². The Labute approximate surface area is 100.0 Å². The molecule has 0 heterocycles. The molecule has 1 nitrogen and oxygen atoms in total. The van der Waals surface area contributed by atoms with Crippen LogP contribution in [0.15, 0.2) is 12.1 Å². The van der Waals surface area contributed by atoms with E-state index in [9.17, 15) is 0 Å². The van der Waals surface area contributed by atoms with Gasteiger partial charge in [0.25, 0.3) is 0 Å². The van der Waals surface area contributed by atoms with Gasteiger partial charge in [-0.1, -0.05) is 22.0 Å². The fourth-order valence-electron chi connectivity index (χ4n) is 1.74. The lowest BCUT2D eigenvalue weighted by molar-refractivity contribution is 0.205. The third kappa shape index (κ3) is 2.20. The van der Waals surface area contributed by atoms with Gasteiger partial charge < -0.3 is 4.74 Å². The summed E-state index contributed by atoms with van der Waals surface area (Å²) in [6, 6.07) is 4.35. The molecule has 0 N–H and O–H groups in total. The number of halogens is 1. The van der Waals surface area contributed by atoms with Crippen molar-refractivity contribution in [3.8, 4) is 5.75 Å². The fourth-order valence-corrected chi connectivity index (χ4v) is 2.42. The smallest absolute Gasteiger partial charge is 0.123 e. The second-order valence-corrected chi connectivity index (χ2v) is 5.18. The van der Waals surface area contributed by atoms with Crippen LogP contribution in [0, 0.1) is 20.8 Å². The van der Waals surface area contributed by atoms with Crippen molar-refractivity contribution in [2.75, 3.05) is 5.33 Å². The van der Waals surface area contributed by atoms with Gasteiger partial charge in [-0.2, -0.15) is 0 Å². The van der Waals surface area contributed by atoms with Crippen LogP contribution in [0.5, 0.6) is 5.75 Å². The van der Waals surface area contributed by atoms with Crippen LogP contribution in [0.1, 0.15) is 29.5 Å². The number of rotatable bonds is 3. The van der Waals surface area contributed by atoms with E-state index < -0.39 is 0 Å². The Morgan fingerprint density at radius 1 is 1.27 bits per heavy atom. The molecule has 2 heteroatoms. The summed E-state index contributed by atoms with van der Waals surface area (Å²) in [4.78, 5) is 0. The molecule has 0 saturated heterocycles. The molecule has 0 amide bonds. The monoisotopic (exact) mass is 268 g/mol. The van der Waals surface area contributed by atoms with E-state index >= 15 is 0 Å². The first kappa shape index (κ1) is 11.0. The fraction of sp³-hybridized carbons (Fsp3) is 0.538. The Morgan fingerprint density at radius 2 is 1.93 bits per heavy atom. The molecule has 0 radical (unpaired) electrons. The molecule has 1 aromatic carbocycles. The Bertz CT molecular complexity index is 380. The van der Waals surface area contributed by atoms with Crippen molar-refractivity contribution in [2.45, 2.75) is 39.2 Å². The van der Waals surface area contributed by atoms with Crippen molar-refractivity contribution >= 4 is 15.9 Å². The topological polar surface area (TPSA) is 9.23 Å². The predicted octanol–water partition coefficient (Wildman–Crippen LogP) is 3.92. The van der Waals surface area contributed by atoms with Gasteiger partial charge in [-0.05, 0) is 56.4 Å². The van der Waals surface area contributed by atoms with Crippen molar-refractivity contribution in [1.29, 1.82) is 0 Å². The number of hydrogen-bond donors (Lipinski definition) is 0. The highest BCUT2D eigenvalue weighted by Crippen LogP contribution is 2.42. The summed E-state index contributed by atoms with van der Waals surface area (Å²) in [5, 5.41) is 0.937. The highest BCUT2D eigenvalue weighted by atomic mass is 79.9. The van der Waals surface area contributed by atoms with Crippen LogP contribution in [0.25, 0.3) is 0 Å². The standard InChI is InChI=1S/C13H17BrO/c1-9-6-10(2)11(3)12(7-9)15-13(8-14)4-5-13/h6-7H,4-5,8H2,1-3H3. The molecule has 0 spiro atoms. The maximum absolute atomic E-state index is 6.11. The van der Waals surface area contributed by atoms with E-state index in [1.54, 1.807) is 0 Å². The maximum atomic E-state index is 6.11. The quantitative estimate of drug-likeness (QED) is 0.756. The molecular formula is C13H17BrO. The lowest BCUT2D eigenvalue weighted by Crippen LogP contribution is -2.20. The third-order valence-corrected chi connectivity index (χ3v) is 4.16. The van der Waals surface area contributed by atoms with E-state index in [2.05, 4.69) is 48.8 Å². The summed E-state index contributed by atoms with van der Waals surface area (Å²) in [6.07, 6.45) is 2.34. The highest BCUT2D eigenvalue weighted by Gasteiger charge is 2.44. The molecular weight excluding hydrogens is 252 g/mol. The van der Waals surface area contributed by atoms with Crippen molar-refractivity contribution in [1.82, 2.24) is 0 Å². The third-order valence-electron chi connectivity index (χ3n) is 3.14. The van der Waals surface area contributed by atoms with Crippen LogP contribution >= 0.6 is 15.9 Å². The van der Waals surface area contributed by atoms with Gasteiger partial charge in [0.1, 0.15) is 11.4 Å². The van der Waals surface area contributed by atoms with Gasteiger partial charge in [0.15, 0.2) is 0 Å². The average Bonchev–Trinajstić information content (AvgIpc) is 2.94. The largest absolute Gasteiger partial charge is 0.486 e. The average molecular weight is 269 g/mol. The Balaban J connectivity index is 2.28. The van der Waals surface area contributed by atoms with E-state index in [0.717, 1.165) is 11.1 Å². The summed E-state index contributed by atoms with van der Waals surface area (Å²) in [5.74, 6) is 1.06. The second kappa shape index (κ2) is 3.82. The summed E-state index contributed by atoms with van der Waals surface area (Å²) < 4.78 is 6.11. The zero-order valence-electron chi connectivity index (χ0n) is 9.56. The van der Waals surface area contributed by atoms with Crippen molar-refractivity contribution < 1.29 is 4.74 Å². The van der Waals surface area contributed by atoms with E-state index in [-0.39, 0.29) is 5.60 Å². The number of benzene rings is 1. The number of ether oxygens (including phenoxy) is 1. The first-order chi connectivity index (χ1) is 7.06. The lowest BCUT2D eigenvalue weighted by atomic mass is 10.1. The lowest BCUT2D eigenvalue weighted by Gasteiger charge is -2.18. The molecule has 0 bridgehead atoms. The van der Waals surface area contributed by atoms with Gasteiger partial charge in [-0.3, -0.25) is 0 Å². The Hall–Kier alpha value is -0.500. The molecule has 0 aliphatic heterocycles.